The molecule has 0 bridgehead atoms. The zero-order valence-electron chi connectivity index (χ0n) is 13.4. The summed E-state index contributed by atoms with van der Waals surface area (Å²) in [6.45, 7) is 13.5. The van der Waals surface area contributed by atoms with Gasteiger partial charge < -0.3 is 10.2 Å². The van der Waals surface area contributed by atoms with Crippen LogP contribution in [0.3, 0.4) is 0 Å². The van der Waals surface area contributed by atoms with Gasteiger partial charge in [0.15, 0.2) is 0 Å². The van der Waals surface area contributed by atoms with Gasteiger partial charge in [0.05, 0.1) is 0 Å². The van der Waals surface area contributed by atoms with Gasteiger partial charge in [0.2, 0.25) is 0 Å². The lowest BCUT2D eigenvalue weighted by molar-refractivity contribution is 0.132. The van der Waals surface area contributed by atoms with E-state index in [4.69, 9.17) is 0 Å². The van der Waals surface area contributed by atoms with Gasteiger partial charge in [-0.05, 0) is 36.7 Å². The molecule has 2 rings (SSSR count). The molecule has 21 heavy (non-hydrogen) atoms. The quantitative estimate of drug-likeness (QED) is 0.760. The van der Waals surface area contributed by atoms with E-state index in [0.29, 0.717) is 0 Å². The predicted molar refractivity (Wildman–Crippen MR) is 93.5 cm³/mol. The average Bonchev–Trinajstić information content (AvgIpc) is 2.51. The van der Waals surface area contributed by atoms with E-state index in [1.807, 2.05) is 0 Å². The molecule has 4 heteroatoms. The fourth-order valence-electron chi connectivity index (χ4n) is 2.74. The van der Waals surface area contributed by atoms with Crippen LogP contribution in [0, 0.1) is 0 Å². The summed E-state index contributed by atoms with van der Waals surface area (Å²) in [6, 6.07) is 6.80. The van der Waals surface area contributed by atoms with Gasteiger partial charge in [0.1, 0.15) is 0 Å². The molecular formula is C17H28BrN3. The molecule has 0 aliphatic carbocycles. The molecule has 1 heterocycles. The molecule has 1 aromatic rings. The Morgan fingerprint density at radius 2 is 1.81 bits per heavy atom. The standard InChI is InChI=1S/C17H28BrN3/c1-3-7-19-13-15-5-6-16(17(18)12-15)14-21-10-8-20(4-2)9-11-21/h5-6,12,19H,3-4,7-11,13-14H2,1-2H3. The average molecular weight is 354 g/mol. The minimum absolute atomic E-state index is 0.960. The fraction of sp³-hybridized carbons (Fsp3) is 0.647. The number of halogens is 1. The number of likely N-dealkylation sites (N-methyl/N-ethyl adjacent to an activating group) is 1. The summed E-state index contributed by atoms with van der Waals surface area (Å²) >= 11 is 3.74. The highest BCUT2D eigenvalue weighted by Gasteiger charge is 2.16. The molecular weight excluding hydrogens is 326 g/mol. The number of benzene rings is 1. The van der Waals surface area contributed by atoms with Crippen LogP contribution < -0.4 is 5.32 Å². The third-order valence-corrected chi connectivity index (χ3v) is 4.92. The number of nitrogens with zero attached hydrogens (tertiary/aromatic N) is 2. The van der Waals surface area contributed by atoms with Crippen LogP contribution in [0.15, 0.2) is 22.7 Å². The Balaban J connectivity index is 1.86. The van der Waals surface area contributed by atoms with E-state index in [1.165, 1.54) is 54.7 Å². The Hall–Kier alpha value is -0.420. The highest BCUT2D eigenvalue weighted by atomic mass is 79.9. The summed E-state index contributed by atoms with van der Waals surface area (Å²) in [7, 11) is 0. The van der Waals surface area contributed by atoms with Gasteiger partial charge >= 0.3 is 0 Å². The van der Waals surface area contributed by atoms with Crippen molar-refractivity contribution < 1.29 is 0 Å². The van der Waals surface area contributed by atoms with Crippen molar-refractivity contribution in [3.8, 4) is 0 Å². The van der Waals surface area contributed by atoms with Crippen molar-refractivity contribution >= 4 is 15.9 Å². The molecule has 0 radical (unpaired) electrons. The van der Waals surface area contributed by atoms with Gasteiger partial charge in [-0.1, -0.05) is 41.9 Å². The number of hydrogen-bond acceptors (Lipinski definition) is 3. The summed E-state index contributed by atoms with van der Waals surface area (Å²) in [5, 5.41) is 3.45. The molecule has 0 atom stereocenters. The van der Waals surface area contributed by atoms with Gasteiger partial charge in [0, 0.05) is 43.7 Å². The van der Waals surface area contributed by atoms with Crippen LogP contribution in [0.5, 0.6) is 0 Å². The van der Waals surface area contributed by atoms with Crippen LogP contribution in [0.4, 0.5) is 0 Å². The SMILES string of the molecule is CCCNCc1ccc(CN2CCN(CC)CC2)c(Br)c1. The lowest BCUT2D eigenvalue weighted by Gasteiger charge is -2.34. The normalized spacial score (nSPS) is 17.3. The highest BCUT2D eigenvalue weighted by molar-refractivity contribution is 9.10. The Morgan fingerprint density at radius 3 is 2.43 bits per heavy atom. The van der Waals surface area contributed by atoms with E-state index < -0.39 is 0 Å². The van der Waals surface area contributed by atoms with Crippen LogP contribution in [-0.4, -0.2) is 49.1 Å². The molecule has 1 N–H and O–H groups in total. The van der Waals surface area contributed by atoms with Gasteiger partial charge in [-0.3, -0.25) is 4.90 Å². The van der Waals surface area contributed by atoms with E-state index >= 15 is 0 Å². The van der Waals surface area contributed by atoms with Crippen LogP contribution in [0.2, 0.25) is 0 Å². The van der Waals surface area contributed by atoms with Crippen molar-refractivity contribution in [2.75, 3.05) is 39.3 Å². The highest BCUT2D eigenvalue weighted by Crippen LogP contribution is 2.21. The summed E-state index contributed by atoms with van der Waals surface area (Å²) in [5.41, 5.74) is 2.76. The first-order valence-electron chi connectivity index (χ1n) is 8.15. The Morgan fingerprint density at radius 1 is 1.10 bits per heavy atom. The number of piperazine rings is 1. The molecule has 0 saturated carbocycles. The van der Waals surface area contributed by atoms with Crippen molar-refractivity contribution in [3.05, 3.63) is 33.8 Å². The zero-order valence-corrected chi connectivity index (χ0v) is 15.0. The maximum atomic E-state index is 3.74. The third kappa shape index (κ3) is 5.37. The smallest absolute Gasteiger partial charge is 0.0246 e. The maximum absolute atomic E-state index is 3.74. The van der Waals surface area contributed by atoms with Gasteiger partial charge in [0.25, 0.3) is 0 Å². The molecule has 118 valence electrons. The first-order valence-corrected chi connectivity index (χ1v) is 8.95. The summed E-state index contributed by atoms with van der Waals surface area (Å²) in [4.78, 5) is 5.08. The van der Waals surface area contributed by atoms with Crippen molar-refractivity contribution in [1.29, 1.82) is 0 Å². The molecule has 1 aromatic carbocycles. The fourth-order valence-corrected chi connectivity index (χ4v) is 3.29. The summed E-state index contributed by atoms with van der Waals surface area (Å²) in [5.74, 6) is 0. The molecule has 0 aromatic heterocycles. The second kappa shape index (κ2) is 8.89. The monoisotopic (exact) mass is 353 g/mol. The lowest BCUT2D eigenvalue weighted by Crippen LogP contribution is -2.45. The second-order valence-corrected chi connectivity index (χ2v) is 6.67. The molecule has 0 unspecified atom stereocenters. The molecule has 3 nitrogen and oxygen atoms in total. The summed E-state index contributed by atoms with van der Waals surface area (Å²) in [6.07, 6.45) is 1.18. The molecule has 1 saturated heterocycles. The largest absolute Gasteiger partial charge is 0.313 e. The first kappa shape index (κ1) is 16.9. The van der Waals surface area contributed by atoms with Gasteiger partial charge in [-0.15, -0.1) is 0 Å². The van der Waals surface area contributed by atoms with Crippen LogP contribution in [-0.2, 0) is 13.1 Å². The molecule has 0 spiro atoms. The van der Waals surface area contributed by atoms with E-state index in [9.17, 15) is 0 Å². The molecule has 0 amide bonds. The van der Waals surface area contributed by atoms with E-state index in [2.05, 4.69) is 63.1 Å². The van der Waals surface area contributed by atoms with Crippen LogP contribution >= 0.6 is 15.9 Å². The first-order chi connectivity index (χ1) is 10.2. The lowest BCUT2D eigenvalue weighted by atomic mass is 10.1. The van der Waals surface area contributed by atoms with Crippen LogP contribution in [0.25, 0.3) is 0 Å². The van der Waals surface area contributed by atoms with Crippen molar-refractivity contribution in [2.24, 2.45) is 0 Å². The topological polar surface area (TPSA) is 18.5 Å². The predicted octanol–water partition coefficient (Wildman–Crippen LogP) is 3.09. The number of hydrogen-bond donors (Lipinski definition) is 1. The van der Waals surface area contributed by atoms with Gasteiger partial charge in [-0.2, -0.15) is 0 Å². The number of nitrogens with one attached hydrogen (secondary N) is 1. The maximum Gasteiger partial charge on any atom is 0.0246 e. The Labute approximate surface area is 137 Å². The van der Waals surface area contributed by atoms with E-state index in [0.717, 1.165) is 19.6 Å². The summed E-state index contributed by atoms with van der Waals surface area (Å²) < 4.78 is 1.25. The van der Waals surface area contributed by atoms with Crippen LogP contribution in [0.1, 0.15) is 31.4 Å². The van der Waals surface area contributed by atoms with Crippen molar-refractivity contribution in [1.82, 2.24) is 15.1 Å². The van der Waals surface area contributed by atoms with E-state index in [-0.39, 0.29) is 0 Å². The van der Waals surface area contributed by atoms with Gasteiger partial charge in [-0.25, -0.2) is 0 Å². The molecule has 1 fully saturated rings. The molecule has 1 aliphatic heterocycles. The Bertz CT molecular complexity index is 428. The van der Waals surface area contributed by atoms with Crippen molar-refractivity contribution in [2.45, 2.75) is 33.4 Å². The minimum Gasteiger partial charge on any atom is -0.313 e. The minimum atomic E-state index is 0.960. The number of rotatable bonds is 7. The van der Waals surface area contributed by atoms with E-state index in [1.54, 1.807) is 0 Å². The Kier molecular flexibility index (Phi) is 7.17. The van der Waals surface area contributed by atoms with Crippen molar-refractivity contribution in [3.63, 3.8) is 0 Å². The molecule has 1 aliphatic rings. The second-order valence-electron chi connectivity index (χ2n) is 5.81. The third-order valence-electron chi connectivity index (χ3n) is 4.18. The zero-order chi connectivity index (χ0) is 15.1.